The second-order valence-electron chi connectivity index (χ2n) is 11.6. The van der Waals surface area contributed by atoms with Gasteiger partial charge in [0.2, 0.25) is 0 Å². The van der Waals surface area contributed by atoms with Crippen molar-refractivity contribution in [2.24, 2.45) is 11.7 Å². The van der Waals surface area contributed by atoms with Crippen molar-refractivity contribution >= 4 is 10.9 Å². The number of likely N-dealkylation sites (tertiary alicyclic amines) is 1. The van der Waals surface area contributed by atoms with E-state index in [9.17, 15) is 5.26 Å². The highest BCUT2D eigenvalue weighted by Crippen LogP contribution is 2.41. The molecule has 5 nitrogen and oxygen atoms in total. The van der Waals surface area contributed by atoms with Crippen LogP contribution in [0.3, 0.4) is 0 Å². The highest BCUT2D eigenvalue weighted by Gasteiger charge is 2.26. The zero-order valence-corrected chi connectivity index (χ0v) is 23.1. The van der Waals surface area contributed by atoms with E-state index in [2.05, 4.69) is 48.4 Å². The molecule has 1 aliphatic carbocycles. The first-order valence-corrected chi connectivity index (χ1v) is 14.1. The monoisotopic (exact) mass is 521 g/mol. The molecular weight excluding hydrogens is 485 g/mol. The van der Waals surface area contributed by atoms with Crippen LogP contribution in [0.2, 0.25) is 0 Å². The van der Waals surface area contributed by atoms with E-state index in [0.717, 1.165) is 65.9 Å². The fourth-order valence-corrected chi connectivity index (χ4v) is 6.24. The number of aryl methyl sites for hydroxylation is 2. The molecular formula is C33H36FN5. The zero-order valence-electron chi connectivity index (χ0n) is 23.1. The minimum Gasteiger partial charge on any atom is -0.342 e. The van der Waals surface area contributed by atoms with Crippen LogP contribution in [0.25, 0.3) is 33.3 Å². The Kier molecular flexibility index (Phi) is 6.74. The Balaban J connectivity index is 1.59. The second-order valence-corrected chi connectivity index (χ2v) is 11.6. The van der Waals surface area contributed by atoms with E-state index in [1.807, 2.05) is 18.3 Å². The van der Waals surface area contributed by atoms with Gasteiger partial charge in [0.25, 0.3) is 0 Å². The van der Waals surface area contributed by atoms with Crippen LogP contribution in [-0.2, 0) is 13.1 Å². The number of fused-ring (bicyclic) bond motifs is 1. The molecule has 1 saturated carbocycles. The molecule has 0 radical (unpaired) electrons. The van der Waals surface area contributed by atoms with Crippen LogP contribution in [0, 0.1) is 43.8 Å². The van der Waals surface area contributed by atoms with Gasteiger partial charge < -0.3 is 10.3 Å². The molecule has 39 heavy (non-hydrogen) atoms. The van der Waals surface area contributed by atoms with Gasteiger partial charge in [-0.15, -0.1) is 0 Å². The third-order valence-corrected chi connectivity index (χ3v) is 8.99. The summed E-state index contributed by atoms with van der Waals surface area (Å²) in [5, 5.41) is 10.4. The molecule has 3 heterocycles. The summed E-state index contributed by atoms with van der Waals surface area (Å²) in [5.41, 5.74) is 15.9. The van der Waals surface area contributed by atoms with Crippen LogP contribution in [-0.4, -0.2) is 33.6 Å². The summed E-state index contributed by atoms with van der Waals surface area (Å²) in [6, 6.07) is 13.8. The highest BCUT2D eigenvalue weighted by atomic mass is 19.1. The van der Waals surface area contributed by atoms with Gasteiger partial charge in [0, 0.05) is 54.4 Å². The predicted molar refractivity (Wildman–Crippen MR) is 155 cm³/mol. The summed E-state index contributed by atoms with van der Waals surface area (Å²) < 4.78 is 17.5. The van der Waals surface area contributed by atoms with E-state index in [-0.39, 0.29) is 11.6 Å². The molecule has 2 aromatic carbocycles. The van der Waals surface area contributed by atoms with Gasteiger partial charge in [-0.3, -0.25) is 9.88 Å². The molecule has 2 aromatic heterocycles. The van der Waals surface area contributed by atoms with Crippen LogP contribution in [0.4, 0.5) is 4.39 Å². The summed E-state index contributed by atoms with van der Waals surface area (Å²) in [6.45, 7) is 10.1. The highest BCUT2D eigenvalue weighted by molar-refractivity contribution is 6.02. The maximum Gasteiger partial charge on any atom is 0.141 e. The SMILES string of the molecule is Cc1cc(-c2ncc3c(cc(CN4CC[C@H](N)C4)n3CC3CCC3)c2-c2ccc(C#N)c(F)c2)cc(C)c1C. The Bertz CT molecular complexity index is 1580. The number of halogens is 1. The molecule has 1 aliphatic heterocycles. The lowest BCUT2D eigenvalue weighted by Crippen LogP contribution is -2.27. The van der Waals surface area contributed by atoms with Gasteiger partial charge in [0.15, 0.2) is 0 Å². The standard InChI is InChI=1S/C33H36FN5/c1-20-11-26(12-21(2)22(20)3)33-32(24-7-8-25(15-35)30(34)13-24)29-14-28(19-38-10-9-27(36)18-38)39(31(29)16-37-33)17-23-5-4-6-23/h7-8,11-14,16,23,27H,4-6,9-10,17-19,36H2,1-3H3/t27-/m0/s1. The fourth-order valence-electron chi connectivity index (χ4n) is 6.24. The molecule has 6 heteroatoms. The lowest BCUT2D eigenvalue weighted by Gasteiger charge is -2.28. The number of aromatic nitrogens is 2. The number of rotatable bonds is 6. The van der Waals surface area contributed by atoms with Crippen molar-refractivity contribution in [3.63, 3.8) is 0 Å². The van der Waals surface area contributed by atoms with Gasteiger partial charge in [-0.05, 0) is 98.5 Å². The van der Waals surface area contributed by atoms with Crippen molar-refractivity contribution < 1.29 is 4.39 Å². The van der Waals surface area contributed by atoms with Gasteiger partial charge in [0.05, 0.1) is 23.0 Å². The van der Waals surface area contributed by atoms with Gasteiger partial charge in [-0.25, -0.2) is 4.39 Å². The van der Waals surface area contributed by atoms with Crippen LogP contribution < -0.4 is 5.73 Å². The van der Waals surface area contributed by atoms with Gasteiger partial charge in [-0.1, -0.05) is 12.5 Å². The second kappa shape index (κ2) is 10.2. The number of benzene rings is 2. The van der Waals surface area contributed by atoms with Crippen LogP contribution in [0.1, 0.15) is 53.6 Å². The Hall–Kier alpha value is -3.53. The quantitative estimate of drug-likeness (QED) is 0.309. The van der Waals surface area contributed by atoms with Crippen LogP contribution >= 0.6 is 0 Å². The molecule has 2 aliphatic rings. The first-order chi connectivity index (χ1) is 18.8. The Morgan fingerprint density at radius 1 is 1.05 bits per heavy atom. The van der Waals surface area contributed by atoms with Gasteiger partial charge in [0.1, 0.15) is 11.9 Å². The molecule has 0 bridgehead atoms. The Labute approximate surface area is 230 Å². The number of hydrogen-bond donors (Lipinski definition) is 1. The summed E-state index contributed by atoms with van der Waals surface area (Å²) in [4.78, 5) is 7.51. The smallest absolute Gasteiger partial charge is 0.141 e. The largest absolute Gasteiger partial charge is 0.342 e. The predicted octanol–water partition coefficient (Wildman–Crippen LogP) is 6.64. The normalized spacial score (nSPS) is 18.0. The van der Waals surface area contributed by atoms with Gasteiger partial charge in [-0.2, -0.15) is 5.26 Å². The van der Waals surface area contributed by atoms with Gasteiger partial charge >= 0.3 is 0 Å². The maximum atomic E-state index is 15.0. The fraction of sp³-hybridized carbons (Fsp3) is 0.394. The lowest BCUT2D eigenvalue weighted by molar-refractivity contribution is 0.267. The number of hydrogen-bond acceptors (Lipinski definition) is 4. The number of nitriles is 1. The minimum atomic E-state index is -0.505. The zero-order chi connectivity index (χ0) is 27.3. The van der Waals surface area contributed by atoms with Crippen LogP contribution in [0.15, 0.2) is 42.6 Å². The van der Waals surface area contributed by atoms with E-state index < -0.39 is 5.82 Å². The lowest BCUT2D eigenvalue weighted by atomic mass is 9.85. The average molecular weight is 522 g/mol. The topological polar surface area (TPSA) is 70.9 Å². The third kappa shape index (κ3) is 4.75. The third-order valence-electron chi connectivity index (χ3n) is 8.99. The molecule has 6 rings (SSSR count). The van der Waals surface area contributed by atoms with Crippen LogP contribution in [0.5, 0.6) is 0 Å². The molecule has 0 unspecified atom stereocenters. The number of nitrogens with two attached hydrogens (primary N) is 1. The summed E-state index contributed by atoms with van der Waals surface area (Å²) >= 11 is 0. The summed E-state index contributed by atoms with van der Waals surface area (Å²) in [7, 11) is 0. The van der Waals surface area contributed by atoms with E-state index >= 15 is 4.39 Å². The molecule has 0 amide bonds. The molecule has 1 saturated heterocycles. The number of nitrogens with zero attached hydrogens (tertiary/aromatic N) is 4. The van der Waals surface area contributed by atoms with E-state index in [1.165, 1.54) is 47.7 Å². The Morgan fingerprint density at radius 2 is 1.82 bits per heavy atom. The summed E-state index contributed by atoms with van der Waals surface area (Å²) in [6.07, 6.45) is 6.85. The van der Waals surface area contributed by atoms with Crippen molar-refractivity contribution in [3.8, 4) is 28.5 Å². The van der Waals surface area contributed by atoms with Crippen molar-refractivity contribution in [2.75, 3.05) is 13.1 Å². The molecule has 200 valence electrons. The van der Waals surface area contributed by atoms with Crippen molar-refractivity contribution in [2.45, 2.75) is 65.6 Å². The molecule has 2 N–H and O–H groups in total. The van der Waals surface area contributed by atoms with Crippen molar-refractivity contribution in [3.05, 3.63) is 76.4 Å². The molecule has 2 fully saturated rings. The summed E-state index contributed by atoms with van der Waals surface area (Å²) in [5.74, 6) is 0.174. The first-order valence-electron chi connectivity index (χ1n) is 14.1. The Morgan fingerprint density at radius 3 is 2.44 bits per heavy atom. The first kappa shape index (κ1) is 25.7. The molecule has 1 atom stereocenters. The molecule has 4 aromatic rings. The van der Waals surface area contributed by atoms with E-state index in [4.69, 9.17) is 10.7 Å². The minimum absolute atomic E-state index is 0.0519. The molecule has 0 spiro atoms. The van der Waals surface area contributed by atoms with E-state index in [1.54, 1.807) is 6.07 Å². The van der Waals surface area contributed by atoms with Crippen molar-refractivity contribution in [1.29, 1.82) is 5.26 Å². The van der Waals surface area contributed by atoms with E-state index in [0.29, 0.717) is 5.92 Å². The maximum absolute atomic E-state index is 15.0. The average Bonchev–Trinajstić information content (AvgIpc) is 3.46. The van der Waals surface area contributed by atoms with Crippen molar-refractivity contribution in [1.82, 2.24) is 14.5 Å². The number of pyridine rings is 1.